The van der Waals surface area contributed by atoms with Crippen molar-refractivity contribution in [1.29, 1.82) is 0 Å². The Morgan fingerprint density at radius 1 is 1.30 bits per heavy atom. The Bertz CT molecular complexity index is 814. The van der Waals surface area contributed by atoms with Gasteiger partial charge in [-0.1, -0.05) is 0 Å². The summed E-state index contributed by atoms with van der Waals surface area (Å²) >= 11 is 0. The first-order chi connectivity index (χ1) is 11.3. The van der Waals surface area contributed by atoms with E-state index in [-0.39, 0.29) is 0 Å². The number of nitrogens with one attached hydrogen (secondary N) is 1. The summed E-state index contributed by atoms with van der Waals surface area (Å²) in [5.41, 5.74) is 1.88. The van der Waals surface area contributed by atoms with Crippen molar-refractivity contribution in [2.24, 2.45) is 5.92 Å². The number of aryl methyl sites for hydroxylation is 1. The van der Waals surface area contributed by atoms with Crippen LogP contribution in [0.25, 0.3) is 5.65 Å². The van der Waals surface area contributed by atoms with Crippen LogP contribution in [0.15, 0.2) is 30.5 Å². The molecule has 1 fully saturated rings. The lowest BCUT2D eigenvalue weighted by atomic mass is 10.1. The summed E-state index contributed by atoms with van der Waals surface area (Å²) in [4.78, 5) is 6.62. The van der Waals surface area contributed by atoms with Gasteiger partial charge in [-0.05, 0) is 59.5 Å². The molecule has 0 unspecified atom stereocenters. The molecule has 8 nitrogen and oxygen atoms in total. The molecule has 8 heteroatoms. The monoisotopic (exact) mass is 310 g/mol. The fraction of sp³-hybridized carbons (Fsp3) is 0.400. The Balaban J connectivity index is 1.38. The first-order valence-electron chi connectivity index (χ1n) is 7.75. The second-order valence-electron chi connectivity index (χ2n) is 5.92. The first kappa shape index (κ1) is 13.9. The third kappa shape index (κ3) is 2.92. The highest BCUT2D eigenvalue weighted by molar-refractivity contribution is 5.45. The van der Waals surface area contributed by atoms with E-state index in [1.165, 1.54) is 10.2 Å². The zero-order chi connectivity index (χ0) is 15.6. The molecular weight excluding hydrogens is 292 g/mol. The van der Waals surface area contributed by atoms with Crippen molar-refractivity contribution in [2.45, 2.75) is 13.3 Å². The van der Waals surface area contributed by atoms with Crippen LogP contribution >= 0.6 is 0 Å². The molecule has 0 bridgehead atoms. The van der Waals surface area contributed by atoms with Crippen molar-refractivity contribution in [2.75, 3.05) is 29.9 Å². The van der Waals surface area contributed by atoms with Gasteiger partial charge in [0.15, 0.2) is 11.5 Å². The van der Waals surface area contributed by atoms with Gasteiger partial charge in [0.05, 0.1) is 0 Å². The topological polar surface area (TPSA) is 84.1 Å². The van der Waals surface area contributed by atoms with Crippen molar-refractivity contribution in [3.8, 4) is 0 Å². The Kier molecular flexibility index (Phi) is 3.49. The van der Waals surface area contributed by atoms with E-state index in [2.05, 4.69) is 48.8 Å². The summed E-state index contributed by atoms with van der Waals surface area (Å²) in [6.45, 7) is 4.96. The summed E-state index contributed by atoms with van der Waals surface area (Å²) in [6, 6.07) is 7.94. The number of rotatable bonds is 4. The van der Waals surface area contributed by atoms with E-state index in [1.807, 2.05) is 24.4 Å². The van der Waals surface area contributed by atoms with Crippen molar-refractivity contribution in [3.05, 3.63) is 36.0 Å². The molecule has 4 heterocycles. The van der Waals surface area contributed by atoms with Crippen molar-refractivity contribution in [1.82, 2.24) is 30.2 Å². The molecule has 23 heavy (non-hydrogen) atoms. The molecular formula is C15H18N8. The van der Waals surface area contributed by atoms with Gasteiger partial charge in [0.25, 0.3) is 0 Å². The Hall–Kier alpha value is -2.77. The molecule has 4 rings (SSSR count). The second kappa shape index (κ2) is 5.79. The molecule has 3 aromatic heterocycles. The average molecular weight is 310 g/mol. The number of tetrazole rings is 1. The summed E-state index contributed by atoms with van der Waals surface area (Å²) in [5, 5.41) is 19.2. The van der Waals surface area contributed by atoms with Gasteiger partial charge in [0.2, 0.25) is 0 Å². The zero-order valence-corrected chi connectivity index (χ0v) is 12.9. The quantitative estimate of drug-likeness (QED) is 0.774. The molecule has 118 valence electrons. The SMILES string of the molecule is Cc1ccnc(NC[C@@H]2CCN(c3ccc4nnnn4n3)C2)c1. The number of anilines is 2. The lowest BCUT2D eigenvalue weighted by Crippen LogP contribution is -2.24. The highest BCUT2D eigenvalue weighted by Crippen LogP contribution is 2.22. The fourth-order valence-corrected chi connectivity index (χ4v) is 2.90. The third-order valence-corrected chi connectivity index (χ3v) is 4.15. The highest BCUT2D eigenvalue weighted by Gasteiger charge is 2.24. The Labute approximate surface area is 133 Å². The highest BCUT2D eigenvalue weighted by atomic mass is 15.6. The second-order valence-corrected chi connectivity index (χ2v) is 5.92. The number of pyridine rings is 1. The van der Waals surface area contributed by atoms with Crippen LogP contribution in [-0.4, -0.2) is 49.9 Å². The fourth-order valence-electron chi connectivity index (χ4n) is 2.90. The number of hydrogen-bond donors (Lipinski definition) is 1. The van der Waals surface area contributed by atoms with Crippen molar-refractivity contribution in [3.63, 3.8) is 0 Å². The van der Waals surface area contributed by atoms with Crippen molar-refractivity contribution >= 4 is 17.3 Å². The maximum Gasteiger partial charge on any atom is 0.200 e. The molecule has 1 aliphatic rings. The van der Waals surface area contributed by atoms with Crippen LogP contribution in [0.5, 0.6) is 0 Å². The Morgan fingerprint density at radius 2 is 2.26 bits per heavy atom. The van der Waals surface area contributed by atoms with Gasteiger partial charge in [-0.25, -0.2) is 4.98 Å². The molecule has 0 saturated carbocycles. The van der Waals surface area contributed by atoms with E-state index in [1.54, 1.807) is 0 Å². The number of hydrogen-bond acceptors (Lipinski definition) is 7. The van der Waals surface area contributed by atoms with E-state index in [0.29, 0.717) is 11.6 Å². The van der Waals surface area contributed by atoms with Gasteiger partial charge in [0.1, 0.15) is 5.82 Å². The number of aromatic nitrogens is 6. The van der Waals surface area contributed by atoms with E-state index in [9.17, 15) is 0 Å². The lowest BCUT2D eigenvalue weighted by Gasteiger charge is -2.17. The van der Waals surface area contributed by atoms with Gasteiger partial charge >= 0.3 is 0 Å². The molecule has 0 aromatic carbocycles. The van der Waals surface area contributed by atoms with E-state index in [0.717, 1.165) is 37.7 Å². The normalized spacial score (nSPS) is 17.8. The van der Waals surface area contributed by atoms with Crippen LogP contribution in [-0.2, 0) is 0 Å². The summed E-state index contributed by atoms with van der Waals surface area (Å²) in [6.07, 6.45) is 2.97. The van der Waals surface area contributed by atoms with Crippen LogP contribution in [0.3, 0.4) is 0 Å². The molecule has 0 aliphatic carbocycles. The van der Waals surface area contributed by atoms with Gasteiger partial charge < -0.3 is 10.2 Å². The number of nitrogens with zero attached hydrogens (tertiary/aromatic N) is 7. The molecule has 1 atom stereocenters. The van der Waals surface area contributed by atoms with Crippen LogP contribution in [0.1, 0.15) is 12.0 Å². The van der Waals surface area contributed by atoms with E-state index in [4.69, 9.17) is 0 Å². The van der Waals surface area contributed by atoms with E-state index < -0.39 is 0 Å². The summed E-state index contributed by atoms with van der Waals surface area (Å²) in [7, 11) is 0. The predicted molar refractivity (Wildman–Crippen MR) is 86.4 cm³/mol. The lowest BCUT2D eigenvalue weighted by molar-refractivity contribution is 0.619. The smallest absolute Gasteiger partial charge is 0.200 e. The van der Waals surface area contributed by atoms with Crippen molar-refractivity contribution < 1.29 is 0 Å². The van der Waals surface area contributed by atoms with Crippen LogP contribution in [0.4, 0.5) is 11.6 Å². The maximum atomic E-state index is 4.46. The Morgan fingerprint density at radius 3 is 3.17 bits per heavy atom. The third-order valence-electron chi connectivity index (χ3n) is 4.15. The molecule has 3 aromatic rings. The molecule has 1 saturated heterocycles. The van der Waals surface area contributed by atoms with Gasteiger partial charge in [-0.15, -0.1) is 14.8 Å². The van der Waals surface area contributed by atoms with Gasteiger partial charge in [-0.2, -0.15) is 0 Å². The minimum atomic E-state index is 0.573. The predicted octanol–water partition coefficient (Wildman–Crippen LogP) is 1.16. The van der Waals surface area contributed by atoms with E-state index >= 15 is 0 Å². The largest absolute Gasteiger partial charge is 0.370 e. The molecule has 1 aliphatic heterocycles. The maximum absolute atomic E-state index is 4.46. The standard InChI is InChI=1S/C15H18N8/c1-11-4-6-16-13(8-11)17-9-12-5-7-22(10-12)15-3-2-14-18-20-21-23(14)19-15/h2-4,6,8,12H,5,7,9-10H2,1H3,(H,16,17)/t12-/m0/s1. The summed E-state index contributed by atoms with van der Waals surface area (Å²) in [5.74, 6) is 2.43. The zero-order valence-electron chi connectivity index (χ0n) is 12.9. The minimum absolute atomic E-state index is 0.573. The average Bonchev–Trinajstić information content (AvgIpc) is 3.21. The van der Waals surface area contributed by atoms with Gasteiger partial charge in [0, 0.05) is 25.8 Å². The number of fused-ring (bicyclic) bond motifs is 1. The first-order valence-corrected chi connectivity index (χ1v) is 7.75. The van der Waals surface area contributed by atoms with Crippen LogP contribution < -0.4 is 10.2 Å². The van der Waals surface area contributed by atoms with Crippen LogP contribution in [0, 0.1) is 12.8 Å². The van der Waals surface area contributed by atoms with Gasteiger partial charge in [-0.3, -0.25) is 0 Å². The molecule has 0 amide bonds. The summed E-state index contributed by atoms with van der Waals surface area (Å²) < 4.78 is 1.47. The molecule has 0 radical (unpaired) electrons. The molecule has 0 spiro atoms. The minimum Gasteiger partial charge on any atom is -0.370 e. The van der Waals surface area contributed by atoms with Crippen LogP contribution in [0.2, 0.25) is 0 Å². The molecule has 1 N–H and O–H groups in total.